The van der Waals surface area contributed by atoms with Crippen LogP contribution in [-0.4, -0.2) is 21.6 Å². The number of fused-ring (bicyclic) bond motifs is 1. The maximum Gasteiger partial charge on any atom is 0.240 e. The van der Waals surface area contributed by atoms with Gasteiger partial charge in [-0.15, -0.1) is 0 Å². The molecule has 0 aliphatic rings. The summed E-state index contributed by atoms with van der Waals surface area (Å²) in [6, 6.07) is 20.6. The predicted octanol–water partition coefficient (Wildman–Crippen LogP) is 3.76. The minimum atomic E-state index is -3.52. The molecule has 5 heteroatoms. The van der Waals surface area contributed by atoms with Crippen LogP contribution in [0.1, 0.15) is 12.5 Å². The molecule has 4 nitrogen and oxygen atoms in total. The third kappa shape index (κ3) is 4.38. The van der Waals surface area contributed by atoms with Crippen LogP contribution in [0.4, 0.5) is 0 Å². The molecule has 0 saturated heterocycles. The van der Waals surface area contributed by atoms with Crippen LogP contribution in [0.15, 0.2) is 71.6 Å². The monoisotopic (exact) mass is 355 g/mol. The predicted molar refractivity (Wildman–Crippen MR) is 100 cm³/mol. The van der Waals surface area contributed by atoms with E-state index in [1.54, 1.807) is 12.1 Å². The van der Waals surface area contributed by atoms with E-state index in [0.29, 0.717) is 19.6 Å². The van der Waals surface area contributed by atoms with Crippen LogP contribution in [0.25, 0.3) is 10.8 Å². The van der Waals surface area contributed by atoms with Crippen LogP contribution in [0.5, 0.6) is 5.75 Å². The van der Waals surface area contributed by atoms with Gasteiger partial charge in [-0.05, 0) is 53.9 Å². The van der Waals surface area contributed by atoms with E-state index in [0.717, 1.165) is 22.1 Å². The highest BCUT2D eigenvalue weighted by Gasteiger charge is 2.14. The molecule has 0 bridgehead atoms. The summed E-state index contributed by atoms with van der Waals surface area (Å²) in [6.45, 7) is 2.90. The summed E-state index contributed by atoms with van der Waals surface area (Å²) in [5.41, 5.74) is 1.10. The summed E-state index contributed by atoms with van der Waals surface area (Å²) in [5, 5.41) is 1.82. The lowest BCUT2D eigenvalue weighted by Gasteiger charge is -2.09. The van der Waals surface area contributed by atoms with Gasteiger partial charge >= 0.3 is 0 Å². The first kappa shape index (κ1) is 17.5. The van der Waals surface area contributed by atoms with Crippen LogP contribution in [0.3, 0.4) is 0 Å². The molecule has 0 amide bonds. The average Bonchev–Trinajstić information content (AvgIpc) is 2.62. The average molecular weight is 355 g/mol. The molecule has 0 aliphatic carbocycles. The number of benzene rings is 3. The lowest BCUT2D eigenvalue weighted by molar-refractivity contribution is 0.341. The van der Waals surface area contributed by atoms with Crippen molar-refractivity contribution in [1.29, 1.82) is 0 Å². The summed E-state index contributed by atoms with van der Waals surface area (Å²) in [7, 11) is -3.52. The highest BCUT2D eigenvalue weighted by molar-refractivity contribution is 7.89. The summed E-state index contributed by atoms with van der Waals surface area (Å²) in [5.74, 6) is 0.784. The van der Waals surface area contributed by atoms with Crippen LogP contribution in [-0.2, 0) is 16.4 Å². The zero-order valence-corrected chi connectivity index (χ0v) is 14.9. The quantitative estimate of drug-likeness (QED) is 0.702. The van der Waals surface area contributed by atoms with Crippen molar-refractivity contribution in [3.05, 3.63) is 72.3 Å². The molecule has 0 saturated carbocycles. The fourth-order valence-corrected chi connectivity index (χ4v) is 3.75. The molecular weight excluding hydrogens is 334 g/mol. The molecule has 0 heterocycles. The molecule has 0 spiro atoms. The van der Waals surface area contributed by atoms with Gasteiger partial charge in [0.2, 0.25) is 10.0 Å². The van der Waals surface area contributed by atoms with E-state index < -0.39 is 10.0 Å². The normalized spacial score (nSPS) is 11.6. The fourth-order valence-electron chi connectivity index (χ4n) is 2.68. The van der Waals surface area contributed by atoms with Gasteiger partial charge < -0.3 is 4.74 Å². The molecule has 0 aromatic heterocycles. The summed E-state index contributed by atoms with van der Waals surface area (Å²) in [4.78, 5) is 0.275. The fraction of sp³-hybridized carbons (Fsp3) is 0.200. The van der Waals surface area contributed by atoms with Gasteiger partial charge in [0.05, 0.1) is 11.5 Å². The van der Waals surface area contributed by atoms with Gasteiger partial charge in [0.15, 0.2) is 0 Å². The van der Waals surface area contributed by atoms with Crippen molar-refractivity contribution in [1.82, 2.24) is 4.72 Å². The molecule has 3 aromatic rings. The molecule has 0 fully saturated rings. The number of hydrogen-bond donors (Lipinski definition) is 1. The standard InChI is InChI=1S/C20H21NO3S/c1-2-24-19-10-8-18-15-20(11-9-17(18)14-19)25(22,23)21-13-12-16-6-4-3-5-7-16/h3-11,14-15,21H,2,12-13H2,1H3. The molecule has 1 N–H and O–H groups in total. The molecule has 3 aromatic carbocycles. The van der Waals surface area contributed by atoms with Gasteiger partial charge in [-0.3, -0.25) is 0 Å². The first-order valence-electron chi connectivity index (χ1n) is 8.29. The number of sulfonamides is 1. The SMILES string of the molecule is CCOc1ccc2cc(S(=O)(=O)NCCc3ccccc3)ccc2c1. The smallest absolute Gasteiger partial charge is 0.240 e. The summed E-state index contributed by atoms with van der Waals surface area (Å²) in [6.07, 6.45) is 0.658. The number of ether oxygens (including phenoxy) is 1. The second-order valence-corrected chi connectivity index (χ2v) is 7.50. The first-order valence-corrected chi connectivity index (χ1v) is 9.77. The Bertz CT molecular complexity index is 953. The Morgan fingerprint density at radius 3 is 2.40 bits per heavy atom. The Hall–Kier alpha value is -2.37. The largest absolute Gasteiger partial charge is 0.494 e. The zero-order valence-electron chi connectivity index (χ0n) is 14.1. The number of rotatable bonds is 7. The van der Waals surface area contributed by atoms with Gasteiger partial charge in [-0.2, -0.15) is 0 Å². The number of hydrogen-bond acceptors (Lipinski definition) is 3. The molecule has 130 valence electrons. The van der Waals surface area contributed by atoms with Crippen molar-refractivity contribution in [3.8, 4) is 5.75 Å². The Labute approximate surface area is 148 Å². The van der Waals surface area contributed by atoms with Crippen molar-refractivity contribution in [2.45, 2.75) is 18.2 Å². The second kappa shape index (κ2) is 7.68. The van der Waals surface area contributed by atoms with Crippen molar-refractivity contribution in [3.63, 3.8) is 0 Å². The molecule has 3 rings (SSSR count). The van der Waals surface area contributed by atoms with E-state index in [1.165, 1.54) is 0 Å². The molecular formula is C20H21NO3S. The highest BCUT2D eigenvalue weighted by atomic mass is 32.2. The lowest BCUT2D eigenvalue weighted by Crippen LogP contribution is -2.25. The van der Waals surface area contributed by atoms with Crippen LogP contribution in [0, 0.1) is 0 Å². The topological polar surface area (TPSA) is 55.4 Å². The van der Waals surface area contributed by atoms with Crippen molar-refractivity contribution >= 4 is 20.8 Å². The van der Waals surface area contributed by atoms with Gasteiger partial charge in [0, 0.05) is 6.54 Å². The van der Waals surface area contributed by atoms with E-state index in [-0.39, 0.29) is 4.90 Å². The van der Waals surface area contributed by atoms with Gasteiger partial charge in [0.1, 0.15) is 5.75 Å². The minimum absolute atomic E-state index is 0.275. The maximum absolute atomic E-state index is 12.5. The van der Waals surface area contributed by atoms with Crippen molar-refractivity contribution in [2.75, 3.05) is 13.2 Å². The van der Waals surface area contributed by atoms with E-state index in [9.17, 15) is 8.42 Å². The molecule has 25 heavy (non-hydrogen) atoms. The molecule has 0 radical (unpaired) electrons. The van der Waals surface area contributed by atoms with Crippen LogP contribution in [0.2, 0.25) is 0 Å². The summed E-state index contributed by atoms with van der Waals surface area (Å²) < 4.78 is 33.1. The van der Waals surface area contributed by atoms with E-state index in [1.807, 2.05) is 61.5 Å². The van der Waals surface area contributed by atoms with Gasteiger partial charge in [-0.1, -0.05) is 42.5 Å². The molecule has 0 atom stereocenters. The first-order chi connectivity index (χ1) is 12.1. The van der Waals surface area contributed by atoms with E-state index in [2.05, 4.69) is 4.72 Å². The zero-order chi connectivity index (χ0) is 17.7. The van der Waals surface area contributed by atoms with E-state index >= 15 is 0 Å². The summed E-state index contributed by atoms with van der Waals surface area (Å²) >= 11 is 0. The Kier molecular flexibility index (Phi) is 5.36. The maximum atomic E-state index is 12.5. The van der Waals surface area contributed by atoms with E-state index in [4.69, 9.17) is 4.74 Å². The van der Waals surface area contributed by atoms with Crippen LogP contribution >= 0.6 is 0 Å². The second-order valence-electron chi connectivity index (χ2n) is 5.74. The van der Waals surface area contributed by atoms with Gasteiger partial charge in [-0.25, -0.2) is 13.1 Å². The van der Waals surface area contributed by atoms with Crippen LogP contribution < -0.4 is 9.46 Å². The Balaban J connectivity index is 1.74. The third-order valence-corrected chi connectivity index (χ3v) is 5.41. The Morgan fingerprint density at radius 1 is 0.920 bits per heavy atom. The third-order valence-electron chi connectivity index (χ3n) is 3.95. The highest BCUT2D eigenvalue weighted by Crippen LogP contribution is 2.23. The lowest BCUT2D eigenvalue weighted by atomic mass is 10.1. The molecule has 0 aliphatic heterocycles. The molecule has 0 unspecified atom stereocenters. The van der Waals surface area contributed by atoms with Crippen molar-refractivity contribution in [2.24, 2.45) is 0 Å². The van der Waals surface area contributed by atoms with Gasteiger partial charge in [0.25, 0.3) is 0 Å². The Morgan fingerprint density at radius 2 is 1.64 bits per heavy atom. The number of nitrogens with one attached hydrogen (secondary N) is 1. The van der Waals surface area contributed by atoms with Crippen molar-refractivity contribution < 1.29 is 13.2 Å². The minimum Gasteiger partial charge on any atom is -0.494 e.